The normalized spacial score (nSPS) is 17.9. The zero-order chi connectivity index (χ0) is 11.1. The van der Waals surface area contributed by atoms with Gasteiger partial charge in [0.15, 0.2) is 0 Å². The van der Waals surface area contributed by atoms with Crippen molar-refractivity contribution in [3.63, 3.8) is 0 Å². The summed E-state index contributed by atoms with van der Waals surface area (Å²) in [5.74, 6) is 0. The van der Waals surface area contributed by atoms with Crippen LogP contribution in [0.3, 0.4) is 0 Å². The molecule has 0 bridgehead atoms. The zero-order valence-corrected chi connectivity index (χ0v) is 10.2. The smallest absolute Gasteiger partial charge is 0.0411 e. The molecule has 1 aliphatic rings. The van der Waals surface area contributed by atoms with Crippen molar-refractivity contribution >= 4 is 11.6 Å². The van der Waals surface area contributed by atoms with Crippen molar-refractivity contribution in [3.05, 3.63) is 33.8 Å². The Morgan fingerprint density at radius 2 is 2.00 bits per heavy atom. The van der Waals surface area contributed by atoms with E-state index in [1.165, 1.54) is 29.5 Å². The van der Waals surface area contributed by atoms with Crippen LogP contribution >= 0.6 is 11.6 Å². The molecule has 1 aliphatic carbocycles. The van der Waals surface area contributed by atoms with Crippen LogP contribution in [0.15, 0.2) is 12.1 Å². The molecule has 2 heteroatoms. The molecule has 82 valence electrons. The fraction of sp³-hybridized carbons (Fsp3) is 0.538. The van der Waals surface area contributed by atoms with E-state index in [1.54, 1.807) is 0 Å². The quantitative estimate of drug-likeness (QED) is 0.836. The third kappa shape index (κ3) is 2.53. The molecule has 0 unspecified atom stereocenters. The van der Waals surface area contributed by atoms with Crippen LogP contribution in [0.4, 0.5) is 0 Å². The van der Waals surface area contributed by atoms with Crippen molar-refractivity contribution in [2.75, 3.05) is 0 Å². The highest BCUT2D eigenvalue weighted by molar-refractivity contribution is 6.30. The molecule has 0 amide bonds. The summed E-state index contributed by atoms with van der Waals surface area (Å²) in [7, 11) is 0. The number of benzene rings is 1. The van der Waals surface area contributed by atoms with E-state index < -0.39 is 0 Å². The van der Waals surface area contributed by atoms with E-state index in [0.717, 1.165) is 17.9 Å². The largest absolute Gasteiger partial charge is 0.325 e. The van der Waals surface area contributed by atoms with Crippen LogP contribution < -0.4 is 5.73 Å². The van der Waals surface area contributed by atoms with Gasteiger partial charge < -0.3 is 5.73 Å². The van der Waals surface area contributed by atoms with Gasteiger partial charge in [0.1, 0.15) is 0 Å². The molecule has 0 saturated heterocycles. The first kappa shape index (κ1) is 11.0. The molecule has 1 saturated carbocycles. The number of aryl methyl sites for hydroxylation is 2. The minimum Gasteiger partial charge on any atom is -0.325 e. The van der Waals surface area contributed by atoms with Gasteiger partial charge >= 0.3 is 0 Å². The highest BCUT2D eigenvalue weighted by Crippen LogP contribution is 2.37. The molecule has 15 heavy (non-hydrogen) atoms. The number of nitrogens with two attached hydrogens (primary N) is 1. The lowest BCUT2D eigenvalue weighted by molar-refractivity contribution is 0.608. The second-order valence-corrected chi connectivity index (χ2v) is 5.31. The van der Waals surface area contributed by atoms with E-state index in [1.807, 2.05) is 6.07 Å². The highest BCUT2D eigenvalue weighted by Gasteiger charge is 2.37. The summed E-state index contributed by atoms with van der Waals surface area (Å²) in [6, 6.07) is 4.10. The van der Waals surface area contributed by atoms with Crippen molar-refractivity contribution in [3.8, 4) is 0 Å². The van der Waals surface area contributed by atoms with Gasteiger partial charge in [-0.15, -0.1) is 0 Å². The standard InChI is InChI=1S/C13H18ClN/c1-9-7-12(14)8-11(10(9)2)3-4-13(15)5-6-13/h7-8H,3-6,15H2,1-2H3. The van der Waals surface area contributed by atoms with Gasteiger partial charge in [0.2, 0.25) is 0 Å². The average molecular weight is 224 g/mol. The van der Waals surface area contributed by atoms with Crippen LogP contribution in [-0.2, 0) is 6.42 Å². The third-order valence-corrected chi connectivity index (χ3v) is 3.74. The van der Waals surface area contributed by atoms with Crippen LogP contribution in [0.5, 0.6) is 0 Å². The first-order valence-electron chi connectivity index (χ1n) is 5.55. The lowest BCUT2D eigenvalue weighted by Crippen LogP contribution is -2.22. The van der Waals surface area contributed by atoms with Crippen LogP contribution in [0, 0.1) is 13.8 Å². The first-order valence-corrected chi connectivity index (χ1v) is 5.92. The minimum atomic E-state index is 0.142. The summed E-state index contributed by atoms with van der Waals surface area (Å²) in [6.07, 6.45) is 4.52. The van der Waals surface area contributed by atoms with E-state index in [2.05, 4.69) is 19.9 Å². The summed E-state index contributed by atoms with van der Waals surface area (Å²) in [5, 5.41) is 0.843. The van der Waals surface area contributed by atoms with E-state index in [4.69, 9.17) is 17.3 Å². The van der Waals surface area contributed by atoms with Gasteiger partial charge in [-0.2, -0.15) is 0 Å². The molecular weight excluding hydrogens is 206 g/mol. The van der Waals surface area contributed by atoms with Crippen LogP contribution in [-0.4, -0.2) is 5.54 Å². The van der Waals surface area contributed by atoms with Crippen molar-refractivity contribution in [2.24, 2.45) is 5.73 Å². The van der Waals surface area contributed by atoms with Gasteiger partial charge in [-0.1, -0.05) is 11.6 Å². The number of hydrogen-bond donors (Lipinski definition) is 1. The molecule has 2 rings (SSSR count). The Labute approximate surface area is 96.6 Å². The summed E-state index contributed by atoms with van der Waals surface area (Å²) in [5.41, 5.74) is 10.2. The summed E-state index contributed by atoms with van der Waals surface area (Å²) in [6.45, 7) is 4.27. The summed E-state index contributed by atoms with van der Waals surface area (Å²) < 4.78 is 0. The van der Waals surface area contributed by atoms with Crippen LogP contribution in [0.1, 0.15) is 36.0 Å². The Hall–Kier alpha value is -0.530. The number of halogens is 1. The van der Waals surface area contributed by atoms with E-state index in [-0.39, 0.29) is 5.54 Å². The fourth-order valence-corrected chi connectivity index (χ4v) is 2.23. The van der Waals surface area contributed by atoms with Crippen molar-refractivity contribution in [1.29, 1.82) is 0 Å². The van der Waals surface area contributed by atoms with Gasteiger partial charge in [-0.25, -0.2) is 0 Å². The maximum Gasteiger partial charge on any atom is 0.0411 e. The minimum absolute atomic E-state index is 0.142. The molecule has 1 nitrogen and oxygen atoms in total. The lowest BCUT2D eigenvalue weighted by atomic mass is 9.97. The van der Waals surface area contributed by atoms with Crippen LogP contribution in [0.25, 0.3) is 0 Å². The molecule has 0 radical (unpaired) electrons. The van der Waals surface area contributed by atoms with E-state index in [0.29, 0.717) is 0 Å². The van der Waals surface area contributed by atoms with Crippen molar-refractivity contribution in [1.82, 2.24) is 0 Å². The van der Waals surface area contributed by atoms with Gasteiger partial charge in [0.05, 0.1) is 0 Å². The second kappa shape index (κ2) is 3.80. The molecule has 1 fully saturated rings. The van der Waals surface area contributed by atoms with E-state index >= 15 is 0 Å². The molecule has 0 spiro atoms. The second-order valence-electron chi connectivity index (χ2n) is 4.87. The maximum atomic E-state index is 6.09. The van der Waals surface area contributed by atoms with Crippen LogP contribution in [0.2, 0.25) is 5.02 Å². The number of rotatable bonds is 3. The molecule has 0 aliphatic heterocycles. The SMILES string of the molecule is Cc1cc(Cl)cc(CCC2(N)CC2)c1C. The summed E-state index contributed by atoms with van der Waals surface area (Å²) in [4.78, 5) is 0. The summed E-state index contributed by atoms with van der Waals surface area (Å²) >= 11 is 6.06. The molecule has 1 aromatic rings. The van der Waals surface area contributed by atoms with Crippen molar-refractivity contribution < 1.29 is 0 Å². The van der Waals surface area contributed by atoms with Gasteiger partial charge in [-0.3, -0.25) is 0 Å². The molecule has 0 atom stereocenters. The molecule has 0 aromatic heterocycles. The predicted molar refractivity (Wildman–Crippen MR) is 65.4 cm³/mol. The van der Waals surface area contributed by atoms with Gasteiger partial charge in [0, 0.05) is 10.6 Å². The Kier molecular flexibility index (Phi) is 2.78. The maximum absolute atomic E-state index is 6.09. The lowest BCUT2D eigenvalue weighted by Gasteiger charge is -2.12. The molecule has 2 N–H and O–H groups in total. The zero-order valence-electron chi connectivity index (χ0n) is 9.44. The Bertz CT molecular complexity index is 380. The predicted octanol–water partition coefficient (Wildman–Crippen LogP) is 3.38. The molecule has 0 heterocycles. The Morgan fingerprint density at radius 3 is 2.60 bits per heavy atom. The fourth-order valence-electron chi connectivity index (χ4n) is 1.94. The first-order chi connectivity index (χ1) is 7.00. The van der Waals surface area contributed by atoms with E-state index in [9.17, 15) is 0 Å². The van der Waals surface area contributed by atoms with Gasteiger partial charge in [-0.05, 0) is 68.4 Å². The molecule has 1 aromatic carbocycles. The van der Waals surface area contributed by atoms with Crippen molar-refractivity contribution in [2.45, 2.75) is 45.1 Å². The van der Waals surface area contributed by atoms with Gasteiger partial charge in [0.25, 0.3) is 0 Å². The highest BCUT2D eigenvalue weighted by atomic mass is 35.5. The number of hydrogen-bond acceptors (Lipinski definition) is 1. The topological polar surface area (TPSA) is 26.0 Å². The molecular formula is C13H18ClN. The monoisotopic (exact) mass is 223 g/mol. The third-order valence-electron chi connectivity index (χ3n) is 3.52. The average Bonchev–Trinajstić information content (AvgIpc) is 2.88. The Morgan fingerprint density at radius 1 is 1.33 bits per heavy atom. The Balaban J connectivity index is 2.13.